The summed E-state index contributed by atoms with van der Waals surface area (Å²) in [6.45, 7) is 11.5. The van der Waals surface area contributed by atoms with E-state index in [4.69, 9.17) is 9.47 Å². The number of hydrogen-bond acceptors (Lipinski definition) is 3. The normalized spacial score (nSPS) is 14.6. The molecule has 1 aromatic carbocycles. The lowest BCUT2D eigenvalue weighted by Crippen LogP contribution is -2.37. The Morgan fingerprint density at radius 1 is 1.10 bits per heavy atom. The molecule has 0 amide bonds. The summed E-state index contributed by atoms with van der Waals surface area (Å²) in [4.78, 5) is 0. The van der Waals surface area contributed by atoms with Crippen LogP contribution in [0.5, 0.6) is 5.75 Å². The lowest BCUT2D eigenvalue weighted by Gasteiger charge is -2.31. The van der Waals surface area contributed by atoms with Crippen LogP contribution in [0.25, 0.3) is 0 Å². The molecule has 0 heterocycles. The van der Waals surface area contributed by atoms with Crippen LogP contribution in [0.2, 0.25) is 0 Å². The van der Waals surface area contributed by atoms with Gasteiger partial charge in [-0.3, -0.25) is 0 Å². The molecule has 3 heteroatoms. The zero-order valence-electron chi connectivity index (χ0n) is 13.6. The van der Waals surface area contributed by atoms with Crippen LogP contribution in [0.1, 0.15) is 46.2 Å². The minimum Gasteiger partial charge on any atom is -0.491 e. The van der Waals surface area contributed by atoms with Crippen molar-refractivity contribution in [2.24, 2.45) is 5.92 Å². The molecule has 3 nitrogen and oxygen atoms in total. The van der Waals surface area contributed by atoms with Crippen LogP contribution in [0.3, 0.4) is 0 Å². The Hall–Kier alpha value is -1.06. The summed E-state index contributed by atoms with van der Waals surface area (Å²) in [7, 11) is 1.78. The summed E-state index contributed by atoms with van der Waals surface area (Å²) < 4.78 is 11.7. The number of ether oxygens (including phenoxy) is 2. The highest BCUT2D eigenvalue weighted by Gasteiger charge is 2.27. The number of benzene rings is 1. The lowest BCUT2D eigenvalue weighted by atomic mass is 9.92. The largest absolute Gasteiger partial charge is 0.491 e. The second-order valence-electron chi connectivity index (χ2n) is 5.68. The summed E-state index contributed by atoms with van der Waals surface area (Å²) in [5.41, 5.74) is 1.17. The van der Waals surface area contributed by atoms with Crippen molar-refractivity contribution in [2.45, 2.75) is 52.9 Å². The van der Waals surface area contributed by atoms with E-state index < -0.39 is 0 Å². The fraction of sp³-hybridized carbons (Fsp3) is 0.647. The molecule has 2 atom stereocenters. The van der Waals surface area contributed by atoms with Crippen molar-refractivity contribution in [3.63, 3.8) is 0 Å². The topological polar surface area (TPSA) is 30.5 Å². The van der Waals surface area contributed by atoms with Crippen LogP contribution in [0.4, 0.5) is 0 Å². The third kappa shape index (κ3) is 4.50. The molecule has 0 spiro atoms. The molecule has 2 unspecified atom stereocenters. The summed E-state index contributed by atoms with van der Waals surface area (Å²) >= 11 is 0. The maximum Gasteiger partial charge on any atom is 0.124 e. The molecule has 1 rings (SSSR count). The Kier molecular flexibility index (Phi) is 7.03. The molecule has 0 aliphatic carbocycles. The van der Waals surface area contributed by atoms with Gasteiger partial charge in [0, 0.05) is 12.7 Å². The Bertz CT molecular complexity index is 390. The van der Waals surface area contributed by atoms with E-state index in [-0.39, 0.29) is 18.2 Å². The maximum absolute atomic E-state index is 5.95. The minimum absolute atomic E-state index is 0.117. The fourth-order valence-corrected chi connectivity index (χ4v) is 2.51. The van der Waals surface area contributed by atoms with Gasteiger partial charge in [-0.25, -0.2) is 0 Å². The van der Waals surface area contributed by atoms with Gasteiger partial charge in [-0.2, -0.15) is 0 Å². The van der Waals surface area contributed by atoms with Crippen LogP contribution in [-0.4, -0.2) is 25.9 Å². The van der Waals surface area contributed by atoms with Crippen molar-refractivity contribution in [2.75, 3.05) is 13.7 Å². The summed E-state index contributed by atoms with van der Waals surface area (Å²) in [6, 6.07) is 8.37. The van der Waals surface area contributed by atoms with Crippen LogP contribution >= 0.6 is 0 Å². The van der Waals surface area contributed by atoms with Gasteiger partial charge in [0.25, 0.3) is 0 Å². The second kappa shape index (κ2) is 8.28. The zero-order valence-corrected chi connectivity index (χ0v) is 13.6. The highest BCUT2D eigenvalue weighted by Crippen LogP contribution is 2.31. The van der Waals surface area contributed by atoms with Gasteiger partial charge in [-0.1, -0.05) is 39.0 Å². The molecule has 0 saturated carbocycles. The lowest BCUT2D eigenvalue weighted by molar-refractivity contribution is 0.0320. The van der Waals surface area contributed by atoms with E-state index in [1.54, 1.807) is 7.11 Å². The number of likely N-dealkylation sites (N-methyl/N-ethyl adjacent to an activating group) is 1. The summed E-state index contributed by atoms with van der Waals surface area (Å²) in [5.74, 6) is 1.37. The third-order valence-corrected chi connectivity index (χ3v) is 3.30. The van der Waals surface area contributed by atoms with E-state index in [1.165, 1.54) is 5.56 Å². The van der Waals surface area contributed by atoms with Gasteiger partial charge in [0.15, 0.2) is 0 Å². The fourth-order valence-electron chi connectivity index (χ4n) is 2.51. The highest BCUT2D eigenvalue weighted by molar-refractivity contribution is 5.37. The average molecular weight is 279 g/mol. The number of nitrogens with one attached hydrogen (secondary N) is 1. The monoisotopic (exact) mass is 279 g/mol. The third-order valence-electron chi connectivity index (χ3n) is 3.30. The van der Waals surface area contributed by atoms with Gasteiger partial charge in [-0.05, 0) is 32.4 Å². The zero-order chi connectivity index (χ0) is 15.1. The molecule has 1 aromatic rings. The van der Waals surface area contributed by atoms with Gasteiger partial charge >= 0.3 is 0 Å². The SMILES string of the molecule is CCNC(c1ccccc1OC(C)C)C(OC)C(C)C. The average Bonchev–Trinajstić information content (AvgIpc) is 2.38. The van der Waals surface area contributed by atoms with Gasteiger partial charge in [0.2, 0.25) is 0 Å². The number of rotatable bonds is 8. The van der Waals surface area contributed by atoms with E-state index in [0.29, 0.717) is 5.92 Å². The van der Waals surface area contributed by atoms with Crippen molar-refractivity contribution < 1.29 is 9.47 Å². The van der Waals surface area contributed by atoms with Crippen molar-refractivity contribution >= 4 is 0 Å². The Morgan fingerprint density at radius 2 is 1.75 bits per heavy atom. The Morgan fingerprint density at radius 3 is 2.25 bits per heavy atom. The van der Waals surface area contributed by atoms with Gasteiger partial charge in [0.05, 0.1) is 18.2 Å². The maximum atomic E-state index is 5.95. The highest BCUT2D eigenvalue weighted by atomic mass is 16.5. The van der Waals surface area contributed by atoms with E-state index in [2.05, 4.69) is 52.1 Å². The molecule has 0 bridgehead atoms. The van der Waals surface area contributed by atoms with Gasteiger partial charge in [0.1, 0.15) is 5.75 Å². The standard InChI is InChI=1S/C17H29NO2/c1-7-18-16(17(19-6)12(2)3)14-10-8-9-11-15(14)20-13(4)5/h8-13,16-18H,7H2,1-6H3. The van der Waals surface area contributed by atoms with Crippen LogP contribution < -0.4 is 10.1 Å². The molecule has 0 aromatic heterocycles. The Balaban J connectivity index is 3.13. The number of hydrogen-bond donors (Lipinski definition) is 1. The quantitative estimate of drug-likeness (QED) is 0.785. The molecule has 0 aliphatic heterocycles. The molecule has 20 heavy (non-hydrogen) atoms. The minimum atomic E-state index is 0.117. The molecule has 1 N–H and O–H groups in total. The van der Waals surface area contributed by atoms with Crippen LogP contribution in [-0.2, 0) is 4.74 Å². The van der Waals surface area contributed by atoms with Crippen LogP contribution in [0, 0.1) is 5.92 Å². The number of methoxy groups -OCH3 is 1. The van der Waals surface area contributed by atoms with Crippen molar-refractivity contribution in [3.8, 4) is 5.75 Å². The van der Waals surface area contributed by atoms with Crippen molar-refractivity contribution in [1.29, 1.82) is 0 Å². The first kappa shape index (κ1) is 17.0. The molecule has 0 radical (unpaired) electrons. The van der Waals surface area contributed by atoms with E-state index in [0.717, 1.165) is 12.3 Å². The predicted octanol–water partition coefficient (Wildman–Crippen LogP) is 3.80. The smallest absolute Gasteiger partial charge is 0.124 e. The van der Waals surface area contributed by atoms with E-state index in [1.807, 2.05) is 12.1 Å². The Labute approximate surface area is 123 Å². The number of para-hydroxylation sites is 1. The first-order valence-electron chi connectivity index (χ1n) is 7.53. The predicted molar refractivity (Wildman–Crippen MR) is 84.3 cm³/mol. The van der Waals surface area contributed by atoms with Crippen molar-refractivity contribution in [3.05, 3.63) is 29.8 Å². The molecule has 0 fully saturated rings. The molecule has 114 valence electrons. The second-order valence-corrected chi connectivity index (χ2v) is 5.68. The van der Waals surface area contributed by atoms with Crippen molar-refractivity contribution in [1.82, 2.24) is 5.32 Å². The molecular weight excluding hydrogens is 250 g/mol. The van der Waals surface area contributed by atoms with Gasteiger partial charge in [-0.15, -0.1) is 0 Å². The first-order valence-corrected chi connectivity index (χ1v) is 7.53. The summed E-state index contributed by atoms with van der Waals surface area (Å²) in [5, 5.41) is 3.54. The van der Waals surface area contributed by atoms with Gasteiger partial charge < -0.3 is 14.8 Å². The summed E-state index contributed by atoms with van der Waals surface area (Å²) in [6.07, 6.45) is 0.283. The van der Waals surface area contributed by atoms with E-state index in [9.17, 15) is 0 Å². The van der Waals surface area contributed by atoms with E-state index >= 15 is 0 Å². The first-order chi connectivity index (χ1) is 9.51. The molecule has 0 saturated heterocycles. The van der Waals surface area contributed by atoms with Crippen LogP contribution in [0.15, 0.2) is 24.3 Å². The molecule has 0 aliphatic rings. The molecular formula is C17H29NO2.